The zero-order chi connectivity index (χ0) is 17.1. The summed E-state index contributed by atoms with van der Waals surface area (Å²) in [6.45, 7) is 0.795. The molecule has 0 N–H and O–H groups in total. The van der Waals surface area contributed by atoms with Gasteiger partial charge in [-0.2, -0.15) is 0 Å². The first kappa shape index (κ1) is 16.2. The lowest BCUT2D eigenvalue weighted by atomic mass is 10.2. The molecule has 0 unspecified atom stereocenters. The predicted octanol–water partition coefficient (Wildman–Crippen LogP) is 5.97. The van der Waals surface area contributed by atoms with Crippen LogP contribution in [0, 0.1) is 4.77 Å². The van der Waals surface area contributed by atoms with Crippen molar-refractivity contribution in [3.05, 3.63) is 95.3 Å². The third-order valence-electron chi connectivity index (χ3n) is 4.21. The van der Waals surface area contributed by atoms with E-state index in [0.29, 0.717) is 0 Å². The Balaban J connectivity index is 1.72. The van der Waals surface area contributed by atoms with Crippen LogP contribution in [0.4, 0.5) is 0 Å². The van der Waals surface area contributed by atoms with Crippen molar-refractivity contribution in [3.63, 3.8) is 0 Å². The molecule has 0 aliphatic heterocycles. The number of hydrogen-bond donors (Lipinski definition) is 0. The number of thioether (sulfide) groups is 1. The summed E-state index contributed by atoms with van der Waals surface area (Å²) in [6, 6.07) is 29.4. The average Bonchev–Trinajstić information content (AvgIpc) is 2.93. The molecule has 0 saturated carbocycles. The van der Waals surface area contributed by atoms with Gasteiger partial charge < -0.3 is 9.13 Å². The van der Waals surface area contributed by atoms with Gasteiger partial charge in [0.15, 0.2) is 4.77 Å². The Hall–Kier alpha value is -2.30. The smallest absolute Gasteiger partial charge is 0.181 e. The molecule has 1 aromatic heterocycles. The minimum absolute atomic E-state index is 0.795. The number of rotatable bonds is 5. The first-order chi connectivity index (χ1) is 12.3. The molecule has 4 aromatic rings. The van der Waals surface area contributed by atoms with Crippen molar-refractivity contribution in [1.29, 1.82) is 0 Å². The summed E-state index contributed by atoms with van der Waals surface area (Å²) in [5.41, 5.74) is 3.63. The van der Waals surface area contributed by atoms with Gasteiger partial charge in [-0.3, -0.25) is 0 Å². The highest BCUT2D eigenvalue weighted by molar-refractivity contribution is 7.98. The number of fused-ring (bicyclic) bond motifs is 1. The highest BCUT2D eigenvalue weighted by atomic mass is 32.2. The molecule has 2 nitrogen and oxygen atoms in total. The van der Waals surface area contributed by atoms with Crippen molar-refractivity contribution < 1.29 is 0 Å². The Morgan fingerprint density at radius 3 is 1.92 bits per heavy atom. The zero-order valence-corrected chi connectivity index (χ0v) is 15.3. The standard InChI is InChI=1S/C21H18N2S2/c24-21-22(15-17-9-3-1-4-10-17)19-13-7-8-14-20(19)23(21)16-25-18-11-5-2-6-12-18/h1-14H,15-16H2. The predicted molar refractivity (Wildman–Crippen MR) is 109 cm³/mol. The van der Waals surface area contributed by atoms with Crippen LogP contribution >= 0.6 is 24.0 Å². The highest BCUT2D eigenvalue weighted by Crippen LogP contribution is 2.25. The van der Waals surface area contributed by atoms with Gasteiger partial charge in [-0.1, -0.05) is 60.7 Å². The molecular formula is C21H18N2S2. The van der Waals surface area contributed by atoms with Crippen molar-refractivity contribution >= 4 is 35.0 Å². The van der Waals surface area contributed by atoms with E-state index in [2.05, 4.69) is 81.9 Å². The number of imidazole rings is 1. The summed E-state index contributed by atoms with van der Waals surface area (Å²) >= 11 is 7.63. The summed E-state index contributed by atoms with van der Waals surface area (Å²) < 4.78 is 5.32. The maximum absolute atomic E-state index is 5.82. The van der Waals surface area contributed by atoms with Crippen LogP contribution in [0.3, 0.4) is 0 Å². The highest BCUT2D eigenvalue weighted by Gasteiger charge is 2.10. The molecule has 0 amide bonds. The van der Waals surface area contributed by atoms with Gasteiger partial charge in [0.1, 0.15) is 0 Å². The van der Waals surface area contributed by atoms with Gasteiger partial charge >= 0.3 is 0 Å². The number of nitrogens with zero attached hydrogens (tertiary/aromatic N) is 2. The van der Waals surface area contributed by atoms with Crippen LogP contribution in [-0.4, -0.2) is 9.13 Å². The van der Waals surface area contributed by atoms with Gasteiger partial charge in [-0.25, -0.2) is 0 Å². The second-order valence-electron chi connectivity index (χ2n) is 5.86. The molecule has 124 valence electrons. The number of benzene rings is 3. The first-order valence-electron chi connectivity index (χ1n) is 8.23. The van der Waals surface area contributed by atoms with E-state index in [0.717, 1.165) is 17.2 Å². The summed E-state index contributed by atoms with van der Waals surface area (Å²) in [6.07, 6.45) is 0. The molecule has 0 saturated heterocycles. The molecule has 3 aromatic carbocycles. The quantitative estimate of drug-likeness (QED) is 0.320. The maximum atomic E-state index is 5.82. The number of aromatic nitrogens is 2. The van der Waals surface area contributed by atoms with Gasteiger partial charge in [0, 0.05) is 4.90 Å². The minimum Gasteiger partial charge on any atom is -0.312 e. The molecule has 4 rings (SSSR count). The molecule has 0 aliphatic carbocycles. The van der Waals surface area contributed by atoms with Crippen LogP contribution in [-0.2, 0) is 12.4 Å². The van der Waals surface area contributed by atoms with E-state index < -0.39 is 0 Å². The van der Waals surface area contributed by atoms with Gasteiger partial charge in [0.05, 0.1) is 23.5 Å². The van der Waals surface area contributed by atoms with Crippen molar-refractivity contribution in [2.75, 3.05) is 0 Å². The van der Waals surface area contributed by atoms with E-state index in [-0.39, 0.29) is 0 Å². The molecule has 0 atom stereocenters. The van der Waals surface area contributed by atoms with Crippen molar-refractivity contribution in [2.45, 2.75) is 17.3 Å². The van der Waals surface area contributed by atoms with Crippen LogP contribution in [0.1, 0.15) is 5.56 Å². The normalized spacial score (nSPS) is 11.0. The number of para-hydroxylation sites is 2. The van der Waals surface area contributed by atoms with Gasteiger partial charge in [0.2, 0.25) is 0 Å². The lowest BCUT2D eigenvalue weighted by Crippen LogP contribution is -2.02. The summed E-state index contributed by atoms with van der Waals surface area (Å²) in [7, 11) is 0. The summed E-state index contributed by atoms with van der Waals surface area (Å²) in [5.74, 6) is 0.811. The fourth-order valence-electron chi connectivity index (χ4n) is 2.97. The van der Waals surface area contributed by atoms with Crippen LogP contribution < -0.4 is 0 Å². The fraction of sp³-hybridized carbons (Fsp3) is 0.0952. The van der Waals surface area contributed by atoms with Crippen LogP contribution in [0.15, 0.2) is 89.8 Å². The van der Waals surface area contributed by atoms with Gasteiger partial charge in [0.25, 0.3) is 0 Å². The third-order valence-corrected chi connectivity index (χ3v) is 5.65. The van der Waals surface area contributed by atoms with Crippen LogP contribution in [0.5, 0.6) is 0 Å². The molecule has 0 bridgehead atoms. The lowest BCUT2D eigenvalue weighted by molar-refractivity contribution is 0.761. The van der Waals surface area contributed by atoms with E-state index in [1.54, 1.807) is 11.8 Å². The van der Waals surface area contributed by atoms with Crippen LogP contribution in [0.25, 0.3) is 11.0 Å². The van der Waals surface area contributed by atoms with E-state index >= 15 is 0 Å². The van der Waals surface area contributed by atoms with Crippen molar-refractivity contribution in [3.8, 4) is 0 Å². The Morgan fingerprint density at radius 1 is 0.680 bits per heavy atom. The van der Waals surface area contributed by atoms with E-state index in [1.807, 2.05) is 12.1 Å². The Labute approximate surface area is 156 Å². The van der Waals surface area contributed by atoms with Crippen molar-refractivity contribution in [1.82, 2.24) is 9.13 Å². The largest absolute Gasteiger partial charge is 0.312 e. The lowest BCUT2D eigenvalue weighted by Gasteiger charge is -2.05. The second kappa shape index (κ2) is 7.30. The SMILES string of the molecule is S=c1n(CSc2ccccc2)c2ccccc2n1Cc1ccccc1. The molecule has 0 fully saturated rings. The molecule has 0 radical (unpaired) electrons. The zero-order valence-electron chi connectivity index (χ0n) is 13.7. The van der Waals surface area contributed by atoms with Gasteiger partial charge in [-0.15, -0.1) is 11.8 Å². The third kappa shape index (κ3) is 3.41. The molecular weight excluding hydrogens is 344 g/mol. The van der Waals surface area contributed by atoms with Crippen LogP contribution in [0.2, 0.25) is 0 Å². The Kier molecular flexibility index (Phi) is 4.72. The Morgan fingerprint density at radius 2 is 1.24 bits per heavy atom. The molecule has 0 aliphatic rings. The first-order valence-corrected chi connectivity index (χ1v) is 9.62. The number of hydrogen-bond acceptors (Lipinski definition) is 2. The molecule has 0 spiro atoms. The van der Waals surface area contributed by atoms with E-state index in [1.165, 1.54) is 21.5 Å². The topological polar surface area (TPSA) is 9.86 Å². The van der Waals surface area contributed by atoms with Crippen molar-refractivity contribution in [2.24, 2.45) is 0 Å². The second-order valence-corrected chi connectivity index (χ2v) is 7.24. The molecule has 1 heterocycles. The molecule has 25 heavy (non-hydrogen) atoms. The summed E-state index contributed by atoms with van der Waals surface area (Å²) in [5, 5.41) is 0. The van der Waals surface area contributed by atoms with E-state index in [4.69, 9.17) is 12.2 Å². The summed E-state index contributed by atoms with van der Waals surface area (Å²) in [4.78, 5) is 1.25. The monoisotopic (exact) mass is 362 g/mol. The fourth-order valence-corrected chi connectivity index (χ4v) is 4.27. The minimum atomic E-state index is 0.795. The van der Waals surface area contributed by atoms with E-state index in [9.17, 15) is 0 Å². The average molecular weight is 363 g/mol. The van der Waals surface area contributed by atoms with Gasteiger partial charge in [-0.05, 0) is 42.0 Å². The molecule has 4 heteroatoms. The Bertz CT molecular complexity index is 1030. The maximum Gasteiger partial charge on any atom is 0.181 e.